The minimum Gasteiger partial charge on any atom is -0.466 e. The minimum absolute atomic E-state index is 0.218. The molecule has 0 saturated carbocycles. The van der Waals surface area contributed by atoms with Crippen LogP contribution in [0.25, 0.3) is 0 Å². The Hall–Kier alpha value is -1.58. The zero-order chi connectivity index (χ0) is 12.0. The number of ether oxygens (including phenoxy) is 1. The Kier molecular flexibility index (Phi) is 4.76. The van der Waals surface area contributed by atoms with Crippen molar-refractivity contribution in [3.63, 3.8) is 0 Å². The summed E-state index contributed by atoms with van der Waals surface area (Å²) in [6, 6.07) is 6.01. The van der Waals surface area contributed by atoms with E-state index in [2.05, 4.69) is 5.32 Å². The molecule has 1 N–H and O–H groups in total. The number of anilines is 1. The van der Waals surface area contributed by atoms with E-state index in [-0.39, 0.29) is 17.7 Å². The SMILES string of the molecule is CCOC(=O)C(C)CNc1ccc(F)cc1. The second-order valence-corrected chi connectivity index (χ2v) is 3.54. The maximum absolute atomic E-state index is 12.6. The summed E-state index contributed by atoms with van der Waals surface area (Å²) in [6.45, 7) is 4.43. The molecule has 0 aliphatic heterocycles. The van der Waals surface area contributed by atoms with E-state index in [9.17, 15) is 9.18 Å². The molecule has 0 saturated heterocycles. The van der Waals surface area contributed by atoms with Gasteiger partial charge in [-0.3, -0.25) is 4.79 Å². The first-order valence-electron chi connectivity index (χ1n) is 5.29. The smallest absolute Gasteiger partial charge is 0.310 e. The normalized spacial score (nSPS) is 11.9. The zero-order valence-corrected chi connectivity index (χ0v) is 9.50. The third-order valence-corrected chi connectivity index (χ3v) is 2.15. The molecule has 0 amide bonds. The second-order valence-electron chi connectivity index (χ2n) is 3.54. The van der Waals surface area contributed by atoms with Crippen LogP contribution in [0.3, 0.4) is 0 Å². The molecule has 0 spiro atoms. The quantitative estimate of drug-likeness (QED) is 0.782. The molecule has 0 aliphatic carbocycles. The summed E-state index contributed by atoms with van der Waals surface area (Å²) in [5.41, 5.74) is 0.789. The Morgan fingerprint density at radius 3 is 2.62 bits per heavy atom. The van der Waals surface area contributed by atoms with Gasteiger partial charge in [0.15, 0.2) is 0 Å². The Labute approximate surface area is 94.6 Å². The first-order valence-corrected chi connectivity index (χ1v) is 5.29. The molecule has 88 valence electrons. The molecule has 1 aromatic carbocycles. The highest BCUT2D eigenvalue weighted by molar-refractivity contribution is 5.72. The summed E-state index contributed by atoms with van der Waals surface area (Å²) >= 11 is 0. The molecule has 0 heterocycles. The molecule has 1 unspecified atom stereocenters. The van der Waals surface area contributed by atoms with Crippen molar-refractivity contribution in [2.45, 2.75) is 13.8 Å². The van der Waals surface area contributed by atoms with Crippen LogP contribution in [0.5, 0.6) is 0 Å². The summed E-state index contributed by atoms with van der Waals surface area (Å²) in [5, 5.41) is 3.04. The average molecular weight is 225 g/mol. The highest BCUT2D eigenvalue weighted by atomic mass is 19.1. The molecule has 1 atom stereocenters. The molecule has 0 fully saturated rings. The number of hydrogen-bond acceptors (Lipinski definition) is 3. The maximum Gasteiger partial charge on any atom is 0.310 e. The van der Waals surface area contributed by atoms with Crippen LogP contribution in [0, 0.1) is 11.7 Å². The number of carbonyl (C=O) groups is 1. The van der Waals surface area contributed by atoms with Crippen molar-refractivity contribution in [3.8, 4) is 0 Å². The molecule has 0 aromatic heterocycles. The van der Waals surface area contributed by atoms with Gasteiger partial charge in [-0.05, 0) is 31.2 Å². The summed E-state index contributed by atoms with van der Waals surface area (Å²) in [7, 11) is 0. The van der Waals surface area contributed by atoms with Gasteiger partial charge in [-0.2, -0.15) is 0 Å². The Bertz CT molecular complexity index is 337. The van der Waals surface area contributed by atoms with Crippen molar-refractivity contribution in [1.29, 1.82) is 0 Å². The number of carbonyl (C=O) groups excluding carboxylic acids is 1. The molecule has 0 aliphatic rings. The van der Waals surface area contributed by atoms with Crippen molar-refractivity contribution in [2.24, 2.45) is 5.92 Å². The van der Waals surface area contributed by atoms with Crippen molar-refractivity contribution >= 4 is 11.7 Å². The first kappa shape index (κ1) is 12.5. The lowest BCUT2D eigenvalue weighted by Gasteiger charge is -2.12. The predicted octanol–water partition coefficient (Wildman–Crippen LogP) is 2.44. The van der Waals surface area contributed by atoms with Gasteiger partial charge in [0.2, 0.25) is 0 Å². The van der Waals surface area contributed by atoms with E-state index in [1.807, 2.05) is 0 Å². The minimum atomic E-state index is -0.274. The zero-order valence-electron chi connectivity index (χ0n) is 9.50. The average Bonchev–Trinajstić information content (AvgIpc) is 2.28. The highest BCUT2D eigenvalue weighted by Crippen LogP contribution is 2.09. The molecular formula is C12H16FNO2. The molecule has 1 aromatic rings. The Morgan fingerprint density at radius 1 is 1.44 bits per heavy atom. The Morgan fingerprint density at radius 2 is 2.06 bits per heavy atom. The van der Waals surface area contributed by atoms with Crippen LogP contribution >= 0.6 is 0 Å². The first-order chi connectivity index (χ1) is 7.63. The van der Waals surface area contributed by atoms with E-state index in [0.717, 1.165) is 5.69 Å². The van der Waals surface area contributed by atoms with Gasteiger partial charge in [0.05, 0.1) is 12.5 Å². The molecule has 4 heteroatoms. The summed E-state index contributed by atoms with van der Waals surface area (Å²) in [5.74, 6) is -0.717. The summed E-state index contributed by atoms with van der Waals surface area (Å²) < 4.78 is 17.5. The van der Waals surface area contributed by atoms with Crippen molar-refractivity contribution in [2.75, 3.05) is 18.5 Å². The molecular weight excluding hydrogens is 209 g/mol. The summed E-state index contributed by atoms with van der Waals surface area (Å²) in [4.78, 5) is 11.3. The van der Waals surface area contributed by atoms with Crippen LogP contribution in [-0.2, 0) is 9.53 Å². The fourth-order valence-electron chi connectivity index (χ4n) is 1.21. The van der Waals surface area contributed by atoms with E-state index in [1.54, 1.807) is 26.0 Å². The van der Waals surface area contributed by atoms with Gasteiger partial charge < -0.3 is 10.1 Å². The van der Waals surface area contributed by atoms with E-state index in [0.29, 0.717) is 13.2 Å². The largest absolute Gasteiger partial charge is 0.466 e. The fraction of sp³-hybridized carbons (Fsp3) is 0.417. The third kappa shape index (κ3) is 3.88. The number of halogens is 1. The van der Waals surface area contributed by atoms with Crippen LogP contribution in [0.1, 0.15) is 13.8 Å². The topological polar surface area (TPSA) is 38.3 Å². The van der Waals surface area contributed by atoms with E-state index in [4.69, 9.17) is 4.74 Å². The van der Waals surface area contributed by atoms with E-state index < -0.39 is 0 Å². The number of nitrogens with one attached hydrogen (secondary N) is 1. The van der Waals surface area contributed by atoms with Crippen LogP contribution in [0.2, 0.25) is 0 Å². The summed E-state index contributed by atoms with van der Waals surface area (Å²) in [6.07, 6.45) is 0. The monoisotopic (exact) mass is 225 g/mol. The van der Waals surface area contributed by atoms with Gasteiger partial charge in [-0.1, -0.05) is 6.92 Å². The van der Waals surface area contributed by atoms with Crippen molar-refractivity contribution in [3.05, 3.63) is 30.1 Å². The number of hydrogen-bond donors (Lipinski definition) is 1. The van der Waals surface area contributed by atoms with Crippen LogP contribution in [-0.4, -0.2) is 19.1 Å². The van der Waals surface area contributed by atoms with Gasteiger partial charge >= 0.3 is 5.97 Å². The lowest BCUT2D eigenvalue weighted by atomic mass is 10.2. The van der Waals surface area contributed by atoms with Crippen molar-refractivity contribution < 1.29 is 13.9 Å². The number of benzene rings is 1. The molecule has 16 heavy (non-hydrogen) atoms. The predicted molar refractivity (Wildman–Crippen MR) is 60.7 cm³/mol. The van der Waals surface area contributed by atoms with Gasteiger partial charge in [-0.25, -0.2) is 4.39 Å². The highest BCUT2D eigenvalue weighted by Gasteiger charge is 2.13. The van der Waals surface area contributed by atoms with E-state index >= 15 is 0 Å². The molecule has 3 nitrogen and oxygen atoms in total. The van der Waals surface area contributed by atoms with Gasteiger partial charge in [0, 0.05) is 12.2 Å². The molecule has 0 bridgehead atoms. The molecule has 1 rings (SSSR count). The number of esters is 1. The lowest BCUT2D eigenvalue weighted by Crippen LogP contribution is -2.22. The Balaban J connectivity index is 2.39. The van der Waals surface area contributed by atoms with Gasteiger partial charge in [0.25, 0.3) is 0 Å². The number of rotatable bonds is 5. The maximum atomic E-state index is 12.6. The van der Waals surface area contributed by atoms with Gasteiger partial charge in [-0.15, -0.1) is 0 Å². The molecule has 0 radical (unpaired) electrons. The third-order valence-electron chi connectivity index (χ3n) is 2.15. The van der Waals surface area contributed by atoms with Crippen molar-refractivity contribution in [1.82, 2.24) is 0 Å². The van der Waals surface area contributed by atoms with Crippen LogP contribution < -0.4 is 5.32 Å². The van der Waals surface area contributed by atoms with Crippen LogP contribution in [0.4, 0.5) is 10.1 Å². The van der Waals surface area contributed by atoms with Crippen LogP contribution in [0.15, 0.2) is 24.3 Å². The fourth-order valence-corrected chi connectivity index (χ4v) is 1.21. The van der Waals surface area contributed by atoms with E-state index in [1.165, 1.54) is 12.1 Å². The standard InChI is InChI=1S/C12H16FNO2/c1-3-16-12(15)9(2)8-14-11-6-4-10(13)5-7-11/h4-7,9,14H,3,8H2,1-2H3. The van der Waals surface area contributed by atoms with Gasteiger partial charge in [0.1, 0.15) is 5.82 Å². The lowest BCUT2D eigenvalue weighted by molar-refractivity contribution is -0.146. The second kappa shape index (κ2) is 6.10.